The van der Waals surface area contributed by atoms with Gasteiger partial charge in [-0.3, -0.25) is 9.59 Å². The molecule has 3 aromatic carbocycles. The van der Waals surface area contributed by atoms with Crippen LogP contribution in [0.2, 0.25) is 0 Å². The number of nitrogens with one attached hydrogen (secondary N) is 2. The molecule has 2 aliphatic heterocycles. The maximum atomic E-state index is 13.8. The van der Waals surface area contributed by atoms with Crippen LogP contribution >= 0.6 is 0 Å². The monoisotopic (exact) mass is 496 g/mol. The summed E-state index contributed by atoms with van der Waals surface area (Å²) < 4.78 is 24.9. The van der Waals surface area contributed by atoms with E-state index >= 15 is 0 Å². The van der Waals surface area contributed by atoms with Gasteiger partial charge < -0.3 is 20.1 Å². The zero-order valence-electron chi connectivity index (χ0n) is 20.2. The fourth-order valence-corrected chi connectivity index (χ4v) is 5.49. The molecule has 0 saturated carbocycles. The van der Waals surface area contributed by atoms with Gasteiger partial charge >= 0.3 is 0 Å². The van der Waals surface area contributed by atoms with Gasteiger partial charge in [0.1, 0.15) is 5.82 Å². The van der Waals surface area contributed by atoms with E-state index < -0.39 is 17.6 Å². The third-order valence-corrected chi connectivity index (χ3v) is 7.16. The standard InChI is InChI=1S/C30H25FN2O4/c1-17-27(30(35)33-22-9-5-8-21(31)15-22)28(19-10-11-25-26(14-19)37-16-36-25)29-23(32-17)12-20(13-24(29)34)18-6-3-2-4-7-18/h2-11,14-15,20,28,32H,12-13,16H2,1H3,(H,33,35)/t20-,28-/m1/s1. The molecule has 3 aliphatic rings. The Bertz CT molecular complexity index is 1480. The van der Waals surface area contributed by atoms with E-state index in [-0.39, 0.29) is 18.5 Å². The van der Waals surface area contributed by atoms with Crippen molar-refractivity contribution in [3.8, 4) is 11.5 Å². The highest BCUT2D eigenvalue weighted by atomic mass is 19.1. The van der Waals surface area contributed by atoms with Crippen molar-refractivity contribution in [2.45, 2.75) is 31.6 Å². The Labute approximate surface area is 213 Å². The predicted molar refractivity (Wildman–Crippen MR) is 137 cm³/mol. The summed E-state index contributed by atoms with van der Waals surface area (Å²) in [6.45, 7) is 1.96. The number of anilines is 1. The molecule has 0 aromatic heterocycles. The van der Waals surface area contributed by atoms with Gasteiger partial charge in [0, 0.05) is 40.6 Å². The summed E-state index contributed by atoms with van der Waals surface area (Å²) in [5.74, 6) is -0.214. The van der Waals surface area contributed by atoms with E-state index in [2.05, 4.69) is 10.6 Å². The summed E-state index contributed by atoms with van der Waals surface area (Å²) in [5.41, 5.74) is 4.68. The average Bonchev–Trinajstić information content (AvgIpc) is 3.36. The van der Waals surface area contributed by atoms with Gasteiger partial charge in [-0.15, -0.1) is 0 Å². The number of amides is 1. The maximum absolute atomic E-state index is 13.8. The van der Waals surface area contributed by atoms with Crippen LogP contribution in [0.1, 0.15) is 42.7 Å². The van der Waals surface area contributed by atoms with Crippen molar-refractivity contribution in [2.75, 3.05) is 12.1 Å². The Morgan fingerprint density at radius 2 is 1.76 bits per heavy atom. The number of rotatable bonds is 4. The molecular formula is C30H25FN2O4. The Kier molecular flexibility index (Phi) is 5.75. The molecule has 3 aromatic rings. The average molecular weight is 497 g/mol. The van der Waals surface area contributed by atoms with Crippen LogP contribution in [-0.4, -0.2) is 18.5 Å². The van der Waals surface area contributed by atoms with Crippen LogP contribution in [0, 0.1) is 5.82 Å². The van der Waals surface area contributed by atoms with Crippen LogP contribution in [0.3, 0.4) is 0 Å². The molecule has 0 saturated heterocycles. The Balaban J connectivity index is 1.43. The number of hydrogen-bond acceptors (Lipinski definition) is 5. The number of carbonyl (C=O) groups is 2. The van der Waals surface area contributed by atoms with Crippen molar-refractivity contribution in [3.63, 3.8) is 0 Å². The number of ketones is 1. The lowest BCUT2D eigenvalue weighted by atomic mass is 9.71. The number of halogens is 1. The molecule has 0 spiro atoms. The highest BCUT2D eigenvalue weighted by Crippen LogP contribution is 2.47. The minimum Gasteiger partial charge on any atom is -0.454 e. The van der Waals surface area contributed by atoms with Gasteiger partial charge in [-0.05, 0) is 60.7 Å². The minimum absolute atomic E-state index is 0.00572. The molecule has 0 fully saturated rings. The molecule has 2 atom stereocenters. The van der Waals surface area contributed by atoms with Gasteiger partial charge in [-0.2, -0.15) is 0 Å². The number of allylic oxidation sites excluding steroid dienone is 3. The number of ether oxygens (including phenoxy) is 2. The van der Waals surface area contributed by atoms with Gasteiger partial charge in [-0.1, -0.05) is 42.5 Å². The van der Waals surface area contributed by atoms with Gasteiger partial charge in [0.05, 0.1) is 0 Å². The number of carbonyl (C=O) groups excluding carboxylic acids is 2. The molecule has 186 valence electrons. The summed E-state index contributed by atoms with van der Waals surface area (Å²) in [6.07, 6.45) is 1.01. The quantitative estimate of drug-likeness (QED) is 0.495. The normalized spacial score (nSPS) is 20.4. The molecule has 2 N–H and O–H groups in total. The van der Waals surface area contributed by atoms with E-state index in [0.717, 1.165) is 16.8 Å². The lowest BCUT2D eigenvalue weighted by molar-refractivity contribution is -0.116. The second-order valence-corrected chi connectivity index (χ2v) is 9.51. The van der Waals surface area contributed by atoms with Crippen LogP contribution in [0.4, 0.5) is 10.1 Å². The summed E-state index contributed by atoms with van der Waals surface area (Å²) >= 11 is 0. The molecule has 7 heteroatoms. The number of fused-ring (bicyclic) bond motifs is 1. The third-order valence-electron chi connectivity index (χ3n) is 7.16. The highest BCUT2D eigenvalue weighted by molar-refractivity contribution is 6.10. The van der Waals surface area contributed by atoms with E-state index in [1.807, 2.05) is 49.4 Å². The first kappa shape index (κ1) is 23.0. The molecule has 2 heterocycles. The molecule has 1 aliphatic carbocycles. The molecule has 0 radical (unpaired) electrons. The Hall–Kier alpha value is -4.39. The second-order valence-electron chi connectivity index (χ2n) is 9.51. The number of dihydropyridines is 1. The largest absolute Gasteiger partial charge is 0.454 e. The van der Waals surface area contributed by atoms with E-state index in [0.29, 0.717) is 46.9 Å². The molecule has 37 heavy (non-hydrogen) atoms. The smallest absolute Gasteiger partial charge is 0.254 e. The lowest BCUT2D eigenvalue weighted by Gasteiger charge is -2.37. The van der Waals surface area contributed by atoms with Gasteiger partial charge in [-0.25, -0.2) is 4.39 Å². The molecule has 1 amide bonds. The van der Waals surface area contributed by atoms with Crippen molar-refractivity contribution in [2.24, 2.45) is 0 Å². The van der Waals surface area contributed by atoms with Crippen molar-refractivity contribution < 1.29 is 23.5 Å². The summed E-state index contributed by atoms with van der Waals surface area (Å²) in [4.78, 5) is 27.4. The number of hydrogen-bond donors (Lipinski definition) is 2. The zero-order valence-corrected chi connectivity index (χ0v) is 20.2. The fourth-order valence-electron chi connectivity index (χ4n) is 5.49. The topological polar surface area (TPSA) is 76.7 Å². The van der Waals surface area contributed by atoms with Crippen molar-refractivity contribution >= 4 is 17.4 Å². The van der Waals surface area contributed by atoms with Crippen molar-refractivity contribution in [3.05, 3.63) is 112 Å². The van der Waals surface area contributed by atoms with Crippen LogP contribution in [-0.2, 0) is 9.59 Å². The summed E-state index contributed by atoms with van der Waals surface area (Å²) in [5, 5.41) is 6.19. The minimum atomic E-state index is -0.608. The molecule has 0 bridgehead atoms. The third kappa shape index (κ3) is 4.27. The van der Waals surface area contributed by atoms with Crippen LogP contribution in [0.15, 0.2) is 95.3 Å². The number of Topliss-reactive ketones (excluding diaryl/α,β-unsaturated/α-hetero) is 1. The van der Waals surface area contributed by atoms with Gasteiger partial charge in [0.25, 0.3) is 5.91 Å². The lowest BCUT2D eigenvalue weighted by Crippen LogP contribution is -2.37. The van der Waals surface area contributed by atoms with E-state index in [1.54, 1.807) is 12.1 Å². The van der Waals surface area contributed by atoms with Crippen LogP contribution < -0.4 is 20.1 Å². The number of benzene rings is 3. The second kappa shape index (κ2) is 9.24. The van der Waals surface area contributed by atoms with Gasteiger partial charge in [0.15, 0.2) is 17.3 Å². The Morgan fingerprint density at radius 3 is 2.57 bits per heavy atom. The Morgan fingerprint density at radius 1 is 0.946 bits per heavy atom. The van der Waals surface area contributed by atoms with Crippen LogP contribution in [0.25, 0.3) is 0 Å². The molecule has 6 rings (SSSR count). The predicted octanol–water partition coefficient (Wildman–Crippen LogP) is 5.55. The molecular weight excluding hydrogens is 471 g/mol. The fraction of sp³-hybridized carbons (Fsp3) is 0.200. The maximum Gasteiger partial charge on any atom is 0.254 e. The van der Waals surface area contributed by atoms with Crippen molar-refractivity contribution in [1.82, 2.24) is 5.32 Å². The highest BCUT2D eigenvalue weighted by Gasteiger charge is 2.41. The van der Waals surface area contributed by atoms with Gasteiger partial charge in [0.2, 0.25) is 6.79 Å². The molecule has 6 nitrogen and oxygen atoms in total. The van der Waals surface area contributed by atoms with Crippen LogP contribution in [0.5, 0.6) is 11.5 Å². The van der Waals surface area contributed by atoms with E-state index in [9.17, 15) is 14.0 Å². The zero-order chi connectivity index (χ0) is 25.5. The first-order chi connectivity index (χ1) is 18.0. The SMILES string of the molecule is CC1=C(C(=O)Nc2cccc(F)c2)[C@@H](c2ccc3c(c2)OCO3)C2=C(C[C@@H](c3ccccc3)CC2=O)N1. The first-order valence-corrected chi connectivity index (χ1v) is 12.2. The first-order valence-electron chi connectivity index (χ1n) is 12.2. The summed E-state index contributed by atoms with van der Waals surface area (Å²) in [7, 11) is 0. The van der Waals surface area contributed by atoms with Crippen molar-refractivity contribution in [1.29, 1.82) is 0 Å². The summed E-state index contributed by atoms with van der Waals surface area (Å²) in [6, 6.07) is 21.3. The van der Waals surface area contributed by atoms with E-state index in [1.165, 1.54) is 18.2 Å². The van der Waals surface area contributed by atoms with E-state index in [4.69, 9.17) is 9.47 Å². The molecule has 0 unspecified atom stereocenters.